The summed E-state index contributed by atoms with van der Waals surface area (Å²) in [7, 11) is 0. The highest BCUT2D eigenvalue weighted by atomic mass is 16.6. The molecule has 0 aliphatic rings. The molecule has 0 bridgehead atoms. The van der Waals surface area contributed by atoms with Gasteiger partial charge in [0.15, 0.2) is 0 Å². The average molecular weight is 335 g/mol. The first-order valence-electron chi connectivity index (χ1n) is 7.84. The van der Waals surface area contributed by atoms with E-state index in [0.717, 1.165) is 11.1 Å². The van der Waals surface area contributed by atoms with Gasteiger partial charge in [-0.15, -0.1) is 0 Å². The SMILES string of the molecule is O=[N+]([O-])c1ccc(OCc2ccccc2)cc1OCc1ccccc1. The van der Waals surface area contributed by atoms with Crippen molar-refractivity contribution in [1.82, 2.24) is 0 Å². The van der Waals surface area contributed by atoms with Crippen molar-refractivity contribution in [1.29, 1.82) is 0 Å². The lowest BCUT2D eigenvalue weighted by Gasteiger charge is -2.10. The summed E-state index contributed by atoms with van der Waals surface area (Å²) >= 11 is 0. The summed E-state index contributed by atoms with van der Waals surface area (Å²) in [6.07, 6.45) is 0. The molecular weight excluding hydrogens is 318 g/mol. The molecule has 0 saturated carbocycles. The number of nitro benzene ring substituents is 1. The number of nitro groups is 1. The van der Waals surface area contributed by atoms with Gasteiger partial charge in [-0.25, -0.2) is 0 Å². The monoisotopic (exact) mass is 335 g/mol. The van der Waals surface area contributed by atoms with Gasteiger partial charge in [-0.3, -0.25) is 10.1 Å². The van der Waals surface area contributed by atoms with Crippen molar-refractivity contribution in [3.63, 3.8) is 0 Å². The van der Waals surface area contributed by atoms with Crippen molar-refractivity contribution in [3.8, 4) is 11.5 Å². The molecule has 5 nitrogen and oxygen atoms in total. The van der Waals surface area contributed by atoms with Crippen LogP contribution in [0.5, 0.6) is 11.5 Å². The number of rotatable bonds is 7. The summed E-state index contributed by atoms with van der Waals surface area (Å²) in [5, 5.41) is 11.2. The summed E-state index contributed by atoms with van der Waals surface area (Å²) in [4.78, 5) is 10.8. The standard InChI is InChI=1S/C20H17NO4/c22-21(23)19-12-11-18(24-14-16-7-3-1-4-8-16)13-20(19)25-15-17-9-5-2-6-10-17/h1-13H,14-15H2. The molecule has 5 heteroatoms. The molecule has 3 aromatic rings. The Balaban J connectivity index is 1.73. The number of hydrogen-bond donors (Lipinski definition) is 0. The zero-order valence-electron chi connectivity index (χ0n) is 13.5. The minimum Gasteiger partial charge on any atom is -0.489 e. The Hall–Kier alpha value is -3.34. The van der Waals surface area contributed by atoms with Gasteiger partial charge in [-0.1, -0.05) is 60.7 Å². The van der Waals surface area contributed by atoms with Crippen LogP contribution in [0, 0.1) is 10.1 Å². The lowest BCUT2D eigenvalue weighted by molar-refractivity contribution is -0.386. The molecule has 0 atom stereocenters. The second-order valence-corrected chi connectivity index (χ2v) is 5.44. The van der Waals surface area contributed by atoms with E-state index in [9.17, 15) is 10.1 Å². The zero-order valence-corrected chi connectivity index (χ0v) is 13.5. The first-order valence-corrected chi connectivity index (χ1v) is 7.84. The fraction of sp³-hybridized carbons (Fsp3) is 0.100. The highest BCUT2D eigenvalue weighted by Crippen LogP contribution is 2.32. The summed E-state index contributed by atoms with van der Waals surface area (Å²) in [6, 6.07) is 23.8. The molecule has 0 radical (unpaired) electrons. The van der Waals surface area contributed by atoms with Crippen LogP contribution in [0.15, 0.2) is 78.9 Å². The fourth-order valence-corrected chi connectivity index (χ4v) is 2.33. The Morgan fingerprint density at radius 3 is 1.88 bits per heavy atom. The lowest BCUT2D eigenvalue weighted by atomic mass is 10.2. The molecule has 0 aromatic heterocycles. The number of benzene rings is 3. The molecule has 25 heavy (non-hydrogen) atoms. The second-order valence-electron chi connectivity index (χ2n) is 5.44. The quantitative estimate of drug-likeness (QED) is 0.461. The van der Waals surface area contributed by atoms with Crippen LogP contribution in [0.3, 0.4) is 0 Å². The Labute approximate surface area is 145 Å². The highest BCUT2D eigenvalue weighted by Gasteiger charge is 2.16. The van der Waals surface area contributed by atoms with Crippen LogP contribution in [-0.2, 0) is 13.2 Å². The maximum Gasteiger partial charge on any atom is 0.311 e. The van der Waals surface area contributed by atoms with Gasteiger partial charge in [-0.05, 0) is 17.2 Å². The maximum atomic E-state index is 11.2. The van der Waals surface area contributed by atoms with Crippen molar-refractivity contribution in [2.45, 2.75) is 13.2 Å². The van der Waals surface area contributed by atoms with Crippen molar-refractivity contribution in [3.05, 3.63) is 100 Å². The number of hydrogen-bond acceptors (Lipinski definition) is 4. The van der Waals surface area contributed by atoms with Gasteiger partial charge < -0.3 is 9.47 Å². The molecule has 3 rings (SSSR count). The zero-order chi connectivity index (χ0) is 17.5. The van der Waals surface area contributed by atoms with Crippen LogP contribution in [0.4, 0.5) is 5.69 Å². The molecule has 0 aliphatic carbocycles. The minimum absolute atomic E-state index is 0.0806. The summed E-state index contributed by atoms with van der Waals surface area (Å²) in [5.74, 6) is 0.719. The van der Waals surface area contributed by atoms with Gasteiger partial charge in [0.2, 0.25) is 5.75 Å². The van der Waals surface area contributed by atoms with Crippen LogP contribution in [0.2, 0.25) is 0 Å². The molecule has 3 aromatic carbocycles. The Morgan fingerprint density at radius 2 is 1.32 bits per heavy atom. The second kappa shape index (κ2) is 7.97. The van der Waals surface area contributed by atoms with Crippen LogP contribution >= 0.6 is 0 Å². The number of nitrogens with zero attached hydrogens (tertiary/aromatic N) is 1. The van der Waals surface area contributed by atoms with Crippen LogP contribution in [0.25, 0.3) is 0 Å². The molecule has 0 fully saturated rings. The average Bonchev–Trinajstić information content (AvgIpc) is 2.66. The third kappa shape index (κ3) is 4.57. The smallest absolute Gasteiger partial charge is 0.311 e. The Kier molecular flexibility index (Phi) is 5.26. The van der Waals surface area contributed by atoms with Gasteiger partial charge in [0.05, 0.1) is 4.92 Å². The van der Waals surface area contributed by atoms with Gasteiger partial charge in [0, 0.05) is 12.1 Å². The van der Waals surface area contributed by atoms with E-state index in [2.05, 4.69) is 0 Å². The van der Waals surface area contributed by atoms with Crippen LogP contribution in [0.1, 0.15) is 11.1 Å². The molecular formula is C20H17NO4. The molecule has 0 amide bonds. The topological polar surface area (TPSA) is 61.6 Å². The largest absolute Gasteiger partial charge is 0.489 e. The summed E-state index contributed by atoms with van der Waals surface area (Å²) in [6.45, 7) is 0.639. The summed E-state index contributed by atoms with van der Waals surface area (Å²) < 4.78 is 11.4. The van der Waals surface area contributed by atoms with Gasteiger partial charge in [-0.2, -0.15) is 0 Å². The molecule has 126 valence electrons. The van der Waals surface area contributed by atoms with E-state index >= 15 is 0 Å². The van der Waals surface area contributed by atoms with Crippen LogP contribution in [-0.4, -0.2) is 4.92 Å². The Morgan fingerprint density at radius 1 is 0.760 bits per heavy atom. The van der Waals surface area contributed by atoms with Gasteiger partial charge in [0.1, 0.15) is 19.0 Å². The van der Waals surface area contributed by atoms with Crippen molar-refractivity contribution in [2.75, 3.05) is 0 Å². The van der Waals surface area contributed by atoms with Crippen molar-refractivity contribution in [2.24, 2.45) is 0 Å². The predicted octanol–water partition coefficient (Wildman–Crippen LogP) is 4.75. The van der Waals surface area contributed by atoms with Gasteiger partial charge in [0.25, 0.3) is 0 Å². The van der Waals surface area contributed by atoms with E-state index in [1.807, 2.05) is 60.7 Å². The molecule has 0 saturated heterocycles. The Bertz CT molecular complexity index is 835. The molecule has 0 heterocycles. The summed E-state index contributed by atoms with van der Waals surface area (Å²) in [5.41, 5.74) is 1.88. The van der Waals surface area contributed by atoms with E-state index in [1.54, 1.807) is 12.1 Å². The van der Waals surface area contributed by atoms with E-state index < -0.39 is 4.92 Å². The predicted molar refractivity (Wildman–Crippen MR) is 94.6 cm³/mol. The fourth-order valence-electron chi connectivity index (χ4n) is 2.33. The van der Waals surface area contributed by atoms with E-state index in [-0.39, 0.29) is 18.0 Å². The van der Waals surface area contributed by atoms with Crippen molar-refractivity contribution >= 4 is 5.69 Å². The first kappa shape index (κ1) is 16.5. The molecule has 0 unspecified atom stereocenters. The molecule has 0 spiro atoms. The first-order chi connectivity index (χ1) is 12.2. The van der Waals surface area contributed by atoms with Crippen LogP contribution < -0.4 is 9.47 Å². The normalized spacial score (nSPS) is 10.2. The number of ether oxygens (including phenoxy) is 2. The van der Waals surface area contributed by atoms with Crippen molar-refractivity contribution < 1.29 is 14.4 Å². The third-order valence-electron chi connectivity index (χ3n) is 3.61. The lowest BCUT2D eigenvalue weighted by Crippen LogP contribution is -2.01. The maximum absolute atomic E-state index is 11.2. The highest BCUT2D eigenvalue weighted by molar-refractivity contribution is 5.50. The van der Waals surface area contributed by atoms with E-state index in [1.165, 1.54) is 6.07 Å². The molecule has 0 N–H and O–H groups in total. The van der Waals surface area contributed by atoms with E-state index in [4.69, 9.17) is 9.47 Å². The minimum atomic E-state index is -0.457. The van der Waals surface area contributed by atoms with E-state index in [0.29, 0.717) is 12.4 Å². The molecule has 0 aliphatic heterocycles. The van der Waals surface area contributed by atoms with Gasteiger partial charge >= 0.3 is 5.69 Å². The third-order valence-corrected chi connectivity index (χ3v) is 3.61.